The summed E-state index contributed by atoms with van der Waals surface area (Å²) in [7, 11) is 0. The molecule has 0 saturated carbocycles. The van der Waals surface area contributed by atoms with Crippen LogP contribution in [0, 0.1) is 11.3 Å². The van der Waals surface area contributed by atoms with E-state index >= 15 is 0 Å². The first kappa shape index (κ1) is 14.5. The zero-order chi connectivity index (χ0) is 9.07. The Kier molecular flexibility index (Phi) is 6.76. The summed E-state index contributed by atoms with van der Waals surface area (Å²) in [5.74, 6) is -0.408. The molecule has 0 saturated heterocycles. The number of carboxylic acids is 1. The molecule has 0 aliphatic rings. The van der Waals surface area contributed by atoms with Crippen LogP contribution >= 0.6 is 0 Å². The molecule has 1 N–H and O–H groups in total. The molecule has 0 aromatic carbocycles. The smallest absolute Gasteiger partial charge is 0.303 e. The Morgan fingerprint density at radius 1 is 1.42 bits per heavy atom. The predicted molar refractivity (Wildman–Crippen MR) is 45.5 cm³/mol. The molecule has 12 heavy (non-hydrogen) atoms. The van der Waals surface area contributed by atoms with Crippen molar-refractivity contribution < 1.29 is 26.7 Å². The van der Waals surface area contributed by atoms with E-state index in [0.29, 0.717) is 0 Å². The first-order chi connectivity index (χ1) is 4.81. The van der Waals surface area contributed by atoms with Crippen LogP contribution in [-0.4, -0.2) is 11.1 Å². The Hall–Kier alpha value is -0.0235. The van der Waals surface area contributed by atoms with Gasteiger partial charge in [0.25, 0.3) is 0 Å². The summed E-state index contributed by atoms with van der Waals surface area (Å²) in [4.78, 5) is 10.3. The van der Waals surface area contributed by atoms with Gasteiger partial charge in [-0.3, -0.25) is 4.79 Å². The summed E-state index contributed by atoms with van der Waals surface area (Å²) < 4.78 is 0. The number of aliphatic carboxylic acids is 1. The molecule has 0 amide bonds. The Balaban J connectivity index is 0. The Morgan fingerprint density at radius 3 is 2.08 bits per heavy atom. The summed E-state index contributed by atoms with van der Waals surface area (Å²) in [5, 5.41) is 8.48. The van der Waals surface area contributed by atoms with E-state index in [2.05, 4.69) is 20.8 Å². The monoisotopic (exact) mass is 217 g/mol. The van der Waals surface area contributed by atoms with Crippen LogP contribution in [0.25, 0.3) is 0 Å². The zero-order valence-electron chi connectivity index (χ0n) is 8.18. The van der Waals surface area contributed by atoms with Gasteiger partial charge in [-0.2, -0.15) is 0 Å². The number of hydrogen-bond donors (Lipinski definition) is 1. The van der Waals surface area contributed by atoms with Crippen molar-refractivity contribution in [3.8, 4) is 0 Å². The van der Waals surface area contributed by atoms with Gasteiger partial charge in [0.15, 0.2) is 0 Å². The van der Waals surface area contributed by atoms with E-state index in [0.717, 1.165) is 6.42 Å². The molecule has 75 valence electrons. The molecule has 0 aromatic heterocycles. The van der Waals surface area contributed by atoms with Crippen molar-refractivity contribution in [2.45, 2.75) is 40.5 Å². The van der Waals surface area contributed by atoms with Gasteiger partial charge >= 0.3 is 5.97 Å². The van der Waals surface area contributed by atoms with Crippen LogP contribution in [0.3, 0.4) is 0 Å². The van der Waals surface area contributed by atoms with Crippen LogP contribution in [0.4, 0.5) is 0 Å². The van der Waals surface area contributed by atoms with Crippen molar-refractivity contribution in [1.29, 1.82) is 0 Å². The summed E-state index contributed by atoms with van der Waals surface area (Å²) >= 11 is 0. The Labute approximate surface area is 84.9 Å². The van der Waals surface area contributed by atoms with Gasteiger partial charge in [0.1, 0.15) is 0 Å². The van der Waals surface area contributed by atoms with E-state index in [9.17, 15) is 4.79 Å². The topological polar surface area (TPSA) is 37.3 Å². The van der Waals surface area contributed by atoms with Crippen LogP contribution in [0.15, 0.2) is 0 Å². The minimum Gasteiger partial charge on any atom is -0.481 e. The third-order valence-electron chi connectivity index (χ3n) is 1.48. The fraction of sp³-hybridized carbons (Fsp3) is 0.889. The fourth-order valence-electron chi connectivity index (χ4n) is 1.42. The van der Waals surface area contributed by atoms with Gasteiger partial charge < -0.3 is 5.11 Å². The van der Waals surface area contributed by atoms with Crippen LogP contribution < -0.4 is 0 Å². The average molecular weight is 217 g/mol. The molecular weight excluding hydrogens is 199 g/mol. The first-order valence-corrected chi connectivity index (χ1v) is 4.03. The Morgan fingerprint density at radius 2 is 1.83 bits per heavy atom. The normalized spacial score (nSPS) is 13.3. The second-order valence-electron chi connectivity index (χ2n) is 4.47. The Bertz CT molecular complexity index is 138. The molecule has 3 heteroatoms. The van der Waals surface area contributed by atoms with Crippen molar-refractivity contribution in [1.82, 2.24) is 0 Å². The van der Waals surface area contributed by atoms with Crippen LogP contribution in [-0.2, 0) is 21.6 Å². The summed E-state index contributed by atoms with van der Waals surface area (Å²) in [6, 6.07) is 0. The first-order valence-electron chi connectivity index (χ1n) is 4.03. The van der Waals surface area contributed by atoms with Gasteiger partial charge in [-0.25, -0.2) is 0 Å². The second kappa shape index (κ2) is 5.59. The maximum atomic E-state index is 10.3. The summed E-state index contributed by atoms with van der Waals surface area (Å²) in [5.41, 5.74) is 0.245. The second-order valence-corrected chi connectivity index (χ2v) is 4.47. The van der Waals surface area contributed by atoms with Gasteiger partial charge in [-0.15, -0.1) is 0 Å². The molecule has 0 aliphatic heterocycles. The largest absolute Gasteiger partial charge is 0.481 e. The number of carboxylic acid groups (broad SMARTS) is 1. The fourth-order valence-corrected chi connectivity index (χ4v) is 1.42. The van der Waals surface area contributed by atoms with Gasteiger partial charge in [0.2, 0.25) is 0 Å². The average Bonchev–Trinajstić information content (AvgIpc) is 1.53. The molecule has 1 unspecified atom stereocenters. The van der Waals surface area contributed by atoms with E-state index in [-0.39, 0.29) is 34.5 Å². The van der Waals surface area contributed by atoms with Gasteiger partial charge in [-0.05, 0) is 17.8 Å². The van der Waals surface area contributed by atoms with Crippen molar-refractivity contribution in [2.24, 2.45) is 11.3 Å². The van der Waals surface area contributed by atoms with Crippen LogP contribution in [0.2, 0.25) is 0 Å². The van der Waals surface area contributed by atoms with E-state index in [4.69, 9.17) is 5.11 Å². The van der Waals surface area contributed by atoms with E-state index < -0.39 is 5.97 Å². The maximum absolute atomic E-state index is 10.3. The summed E-state index contributed by atoms with van der Waals surface area (Å²) in [6.07, 6.45) is 1.26. The number of carbonyl (C=O) groups is 1. The van der Waals surface area contributed by atoms with Crippen molar-refractivity contribution in [3.63, 3.8) is 0 Å². The SMILES string of the molecule is CC(CC(=O)O)CC(C)(C)C.[Co]. The number of rotatable bonds is 3. The van der Waals surface area contributed by atoms with Crippen molar-refractivity contribution in [3.05, 3.63) is 0 Å². The van der Waals surface area contributed by atoms with Gasteiger partial charge in [0, 0.05) is 23.2 Å². The minimum absolute atomic E-state index is 0. The predicted octanol–water partition coefficient (Wildman–Crippen LogP) is 2.53. The van der Waals surface area contributed by atoms with Crippen LogP contribution in [0.1, 0.15) is 40.5 Å². The maximum Gasteiger partial charge on any atom is 0.303 e. The quantitative estimate of drug-likeness (QED) is 0.788. The molecule has 0 fully saturated rings. The molecule has 0 aliphatic carbocycles. The standard InChI is InChI=1S/C9H18O2.Co/c1-7(5-8(10)11)6-9(2,3)4;/h7H,5-6H2,1-4H3,(H,10,11);. The molecule has 0 bridgehead atoms. The molecule has 0 spiro atoms. The summed E-state index contributed by atoms with van der Waals surface area (Å²) in [6.45, 7) is 8.38. The molecule has 0 heterocycles. The van der Waals surface area contributed by atoms with Crippen molar-refractivity contribution in [2.75, 3.05) is 0 Å². The molecular formula is C9H18CoO2. The zero-order valence-corrected chi connectivity index (χ0v) is 9.22. The minimum atomic E-state index is -0.693. The number of hydrogen-bond acceptors (Lipinski definition) is 1. The van der Waals surface area contributed by atoms with Gasteiger partial charge in [0.05, 0.1) is 0 Å². The molecule has 0 aromatic rings. The molecule has 2 nitrogen and oxygen atoms in total. The van der Waals surface area contributed by atoms with Crippen molar-refractivity contribution >= 4 is 5.97 Å². The van der Waals surface area contributed by atoms with Gasteiger partial charge in [-0.1, -0.05) is 27.7 Å². The van der Waals surface area contributed by atoms with Crippen LogP contribution in [0.5, 0.6) is 0 Å². The third kappa shape index (κ3) is 9.98. The van der Waals surface area contributed by atoms with E-state index in [1.807, 2.05) is 6.92 Å². The third-order valence-corrected chi connectivity index (χ3v) is 1.48. The molecule has 1 atom stereocenters. The molecule has 0 rings (SSSR count). The molecule has 1 radical (unpaired) electrons. The van der Waals surface area contributed by atoms with E-state index in [1.54, 1.807) is 0 Å². The van der Waals surface area contributed by atoms with E-state index in [1.165, 1.54) is 0 Å².